The van der Waals surface area contributed by atoms with Crippen LogP contribution in [0.3, 0.4) is 0 Å². The molecule has 5 nitrogen and oxygen atoms in total. The van der Waals surface area contributed by atoms with E-state index in [1.165, 1.54) is 0 Å². The lowest BCUT2D eigenvalue weighted by atomic mass is 9.85. The second-order valence-corrected chi connectivity index (χ2v) is 6.99. The van der Waals surface area contributed by atoms with Crippen molar-refractivity contribution in [1.29, 1.82) is 0 Å². The van der Waals surface area contributed by atoms with Gasteiger partial charge in [-0.1, -0.05) is 27.7 Å². The van der Waals surface area contributed by atoms with Crippen molar-refractivity contribution in [2.45, 2.75) is 40.5 Å². The molecule has 0 unspecified atom stereocenters. The van der Waals surface area contributed by atoms with Crippen molar-refractivity contribution in [1.82, 2.24) is 9.80 Å². The Morgan fingerprint density at radius 1 is 1.10 bits per heavy atom. The number of aliphatic carboxylic acids is 1. The van der Waals surface area contributed by atoms with Crippen LogP contribution < -0.4 is 0 Å². The van der Waals surface area contributed by atoms with Gasteiger partial charge in [0.05, 0.1) is 6.42 Å². The molecular weight excluding hydrogens is 256 g/mol. The minimum Gasteiger partial charge on any atom is -0.481 e. The summed E-state index contributed by atoms with van der Waals surface area (Å²) in [4.78, 5) is 27.3. The van der Waals surface area contributed by atoms with Crippen LogP contribution in [0.25, 0.3) is 0 Å². The average molecular weight is 284 g/mol. The zero-order valence-corrected chi connectivity index (χ0v) is 13.2. The van der Waals surface area contributed by atoms with Gasteiger partial charge < -0.3 is 10.0 Å². The number of hydrogen-bond acceptors (Lipinski definition) is 3. The number of amides is 1. The van der Waals surface area contributed by atoms with Gasteiger partial charge in [-0.05, 0) is 11.3 Å². The van der Waals surface area contributed by atoms with Crippen molar-refractivity contribution < 1.29 is 14.7 Å². The molecule has 1 aliphatic heterocycles. The Labute approximate surface area is 121 Å². The molecule has 116 valence electrons. The summed E-state index contributed by atoms with van der Waals surface area (Å²) >= 11 is 0. The maximum atomic E-state index is 12.2. The standard InChI is InChI=1S/C15H28N2O3/c1-12(2)11-16-5-7-17(8-6-16)13(18)9-15(3,4)10-14(19)20/h12H,5-11H2,1-4H3,(H,19,20). The number of nitrogens with zero attached hydrogens (tertiary/aromatic N) is 2. The van der Waals surface area contributed by atoms with E-state index in [2.05, 4.69) is 18.7 Å². The molecule has 1 heterocycles. The van der Waals surface area contributed by atoms with Crippen LogP contribution in [0.5, 0.6) is 0 Å². The third kappa shape index (κ3) is 5.90. The summed E-state index contributed by atoms with van der Waals surface area (Å²) < 4.78 is 0. The molecule has 0 spiro atoms. The molecule has 0 aromatic heterocycles. The summed E-state index contributed by atoms with van der Waals surface area (Å²) in [6.45, 7) is 12.5. The monoisotopic (exact) mass is 284 g/mol. The van der Waals surface area contributed by atoms with Gasteiger partial charge in [-0.2, -0.15) is 0 Å². The topological polar surface area (TPSA) is 60.9 Å². The molecule has 0 saturated carbocycles. The van der Waals surface area contributed by atoms with Crippen molar-refractivity contribution in [3.05, 3.63) is 0 Å². The van der Waals surface area contributed by atoms with Crippen LogP contribution in [0.1, 0.15) is 40.5 Å². The first kappa shape index (κ1) is 17.0. The summed E-state index contributed by atoms with van der Waals surface area (Å²) in [5, 5.41) is 8.86. The number of carbonyl (C=O) groups excluding carboxylic acids is 1. The molecule has 0 aromatic carbocycles. The third-order valence-corrected chi connectivity index (χ3v) is 3.61. The van der Waals surface area contributed by atoms with E-state index in [0.29, 0.717) is 12.3 Å². The van der Waals surface area contributed by atoms with E-state index < -0.39 is 11.4 Å². The van der Waals surface area contributed by atoms with E-state index in [1.54, 1.807) is 0 Å². The molecule has 0 bridgehead atoms. The fourth-order valence-corrected chi connectivity index (χ4v) is 2.69. The van der Waals surface area contributed by atoms with Crippen LogP contribution >= 0.6 is 0 Å². The zero-order chi connectivity index (χ0) is 15.3. The van der Waals surface area contributed by atoms with Crippen LogP contribution in [0, 0.1) is 11.3 Å². The highest BCUT2D eigenvalue weighted by Gasteiger charge is 2.29. The van der Waals surface area contributed by atoms with Gasteiger partial charge in [-0.3, -0.25) is 14.5 Å². The fraction of sp³-hybridized carbons (Fsp3) is 0.867. The normalized spacial score (nSPS) is 17.6. The number of hydrogen-bond donors (Lipinski definition) is 1. The van der Waals surface area contributed by atoms with Gasteiger partial charge in [-0.25, -0.2) is 0 Å². The van der Waals surface area contributed by atoms with Gasteiger partial charge in [0.15, 0.2) is 0 Å². The quantitative estimate of drug-likeness (QED) is 0.806. The highest BCUT2D eigenvalue weighted by Crippen LogP contribution is 2.26. The van der Waals surface area contributed by atoms with Gasteiger partial charge in [0, 0.05) is 39.1 Å². The van der Waals surface area contributed by atoms with E-state index in [0.717, 1.165) is 32.7 Å². The van der Waals surface area contributed by atoms with Crippen molar-refractivity contribution >= 4 is 11.9 Å². The van der Waals surface area contributed by atoms with Crippen LogP contribution in [0.15, 0.2) is 0 Å². The first-order valence-electron chi connectivity index (χ1n) is 7.41. The Hall–Kier alpha value is -1.10. The first-order valence-corrected chi connectivity index (χ1v) is 7.41. The van der Waals surface area contributed by atoms with Crippen LogP contribution in [0.2, 0.25) is 0 Å². The van der Waals surface area contributed by atoms with Gasteiger partial charge >= 0.3 is 5.97 Å². The number of carbonyl (C=O) groups is 2. The average Bonchev–Trinajstić information content (AvgIpc) is 2.26. The lowest BCUT2D eigenvalue weighted by Crippen LogP contribution is -2.50. The molecule has 1 aliphatic rings. The van der Waals surface area contributed by atoms with E-state index in [4.69, 9.17) is 5.11 Å². The second-order valence-electron chi connectivity index (χ2n) is 6.99. The fourth-order valence-electron chi connectivity index (χ4n) is 2.69. The lowest BCUT2D eigenvalue weighted by molar-refractivity contribution is -0.141. The van der Waals surface area contributed by atoms with Crippen molar-refractivity contribution in [3.63, 3.8) is 0 Å². The molecule has 1 N–H and O–H groups in total. The molecular formula is C15H28N2O3. The number of carboxylic acids is 1. The molecule has 20 heavy (non-hydrogen) atoms. The van der Waals surface area contributed by atoms with Crippen molar-refractivity contribution in [2.24, 2.45) is 11.3 Å². The predicted octanol–water partition coefficient (Wildman–Crippen LogP) is 1.68. The molecule has 1 rings (SSSR count). The van der Waals surface area contributed by atoms with E-state index >= 15 is 0 Å². The molecule has 0 radical (unpaired) electrons. The van der Waals surface area contributed by atoms with Crippen LogP contribution in [-0.2, 0) is 9.59 Å². The summed E-state index contributed by atoms with van der Waals surface area (Å²) in [6.07, 6.45) is 0.343. The SMILES string of the molecule is CC(C)CN1CCN(C(=O)CC(C)(C)CC(=O)O)CC1. The number of rotatable bonds is 6. The predicted molar refractivity (Wildman–Crippen MR) is 78.5 cm³/mol. The third-order valence-electron chi connectivity index (χ3n) is 3.61. The highest BCUT2D eigenvalue weighted by atomic mass is 16.4. The molecule has 1 amide bonds. The maximum Gasteiger partial charge on any atom is 0.303 e. The van der Waals surface area contributed by atoms with E-state index in [-0.39, 0.29) is 12.3 Å². The Morgan fingerprint density at radius 3 is 2.10 bits per heavy atom. The Kier molecular flexibility index (Phi) is 5.99. The second kappa shape index (κ2) is 7.07. The lowest BCUT2D eigenvalue weighted by Gasteiger charge is -2.36. The molecule has 1 saturated heterocycles. The molecule has 0 atom stereocenters. The molecule has 0 aliphatic carbocycles. The van der Waals surface area contributed by atoms with Crippen LogP contribution in [0.4, 0.5) is 0 Å². The van der Waals surface area contributed by atoms with Gasteiger partial charge in [0.25, 0.3) is 0 Å². The minimum absolute atomic E-state index is 0.0338. The zero-order valence-electron chi connectivity index (χ0n) is 13.2. The summed E-state index contributed by atoms with van der Waals surface area (Å²) in [7, 11) is 0. The van der Waals surface area contributed by atoms with Gasteiger partial charge in [0.1, 0.15) is 0 Å². The molecule has 5 heteroatoms. The maximum absolute atomic E-state index is 12.2. The highest BCUT2D eigenvalue weighted by molar-refractivity contribution is 5.78. The summed E-state index contributed by atoms with van der Waals surface area (Å²) in [5.41, 5.74) is -0.474. The Balaban J connectivity index is 2.41. The van der Waals surface area contributed by atoms with Crippen LogP contribution in [-0.4, -0.2) is 59.5 Å². The van der Waals surface area contributed by atoms with Crippen molar-refractivity contribution in [2.75, 3.05) is 32.7 Å². The Bertz CT molecular complexity index is 345. The van der Waals surface area contributed by atoms with E-state index in [9.17, 15) is 9.59 Å². The van der Waals surface area contributed by atoms with Gasteiger partial charge in [-0.15, -0.1) is 0 Å². The van der Waals surface area contributed by atoms with E-state index in [1.807, 2.05) is 18.7 Å². The smallest absolute Gasteiger partial charge is 0.303 e. The first-order chi connectivity index (χ1) is 9.19. The summed E-state index contributed by atoms with van der Waals surface area (Å²) in [6, 6.07) is 0. The van der Waals surface area contributed by atoms with Gasteiger partial charge in [0.2, 0.25) is 5.91 Å². The summed E-state index contributed by atoms with van der Waals surface area (Å²) in [5.74, 6) is -0.114. The number of piperazine rings is 1. The number of carboxylic acid groups (broad SMARTS) is 1. The largest absolute Gasteiger partial charge is 0.481 e. The molecule has 0 aromatic rings. The van der Waals surface area contributed by atoms with Crippen molar-refractivity contribution in [3.8, 4) is 0 Å². The Morgan fingerprint density at radius 2 is 1.65 bits per heavy atom. The molecule has 1 fully saturated rings. The minimum atomic E-state index is -0.843.